The average molecular weight is 216 g/mol. The van der Waals surface area contributed by atoms with Gasteiger partial charge in [0.1, 0.15) is 0 Å². The van der Waals surface area contributed by atoms with Crippen LogP contribution < -0.4 is 0 Å². The largest absolute Gasteiger partial charge is 0.193 e. The maximum atomic E-state index is 4.39. The molecule has 1 aromatic rings. The summed E-state index contributed by atoms with van der Waals surface area (Å²) < 4.78 is 0. The van der Waals surface area contributed by atoms with E-state index in [0.717, 1.165) is 6.54 Å². The molecule has 16 heavy (non-hydrogen) atoms. The van der Waals surface area contributed by atoms with Gasteiger partial charge in [0.25, 0.3) is 0 Å². The third-order valence-electron chi connectivity index (χ3n) is 3.30. The summed E-state index contributed by atoms with van der Waals surface area (Å²) in [4.78, 5) is 0. The molecule has 0 aromatic heterocycles. The minimum Gasteiger partial charge on any atom is -0.193 e. The highest BCUT2D eigenvalue weighted by atomic mass is 15.2. The van der Waals surface area contributed by atoms with Gasteiger partial charge in [0.15, 0.2) is 0 Å². The van der Waals surface area contributed by atoms with Crippen LogP contribution in [-0.2, 0) is 0 Å². The van der Waals surface area contributed by atoms with Crippen molar-refractivity contribution >= 4 is 0 Å². The Hall–Kier alpha value is -1.18. The van der Waals surface area contributed by atoms with E-state index in [1.807, 2.05) is 0 Å². The molecule has 1 aliphatic heterocycles. The van der Waals surface area contributed by atoms with E-state index in [2.05, 4.69) is 47.5 Å². The van der Waals surface area contributed by atoms with Crippen LogP contribution in [0.4, 0.5) is 0 Å². The van der Waals surface area contributed by atoms with Gasteiger partial charge >= 0.3 is 0 Å². The molecule has 0 radical (unpaired) electrons. The smallest absolute Gasteiger partial charge is 0.0795 e. The maximum Gasteiger partial charge on any atom is 0.0795 e. The Bertz CT molecular complexity index is 332. The molecule has 0 N–H and O–H groups in total. The first kappa shape index (κ1) is 11.3. The number of azo groups is 1. The lowest BCUT2D eigenvalue weighted by molar-refractivity contribution is 0.521. The van der Waals surface area contributed by atoms with E-state index in [0.29, 0.717) is 12.0 Å². The third-order valence-corrected chi connectivity index (χ3v) is 3.30. The molecule has 2 rings (SSSR count). The van der Waals surface area contributed by atoms with Gasteiger partial charge in [-0.2, -0.15) is 10.2 Å². The molecule has 0 amide bonds. The molecule has 0 saturated heterocycles. The van der Waals surface area contributed by atoms with E-state index >= 15 is 0 Å². The lowest BCUT2D eigenvalue weighted by Gasteiger charge is -2.16. The molecular formula is C14H20N2. The van der Waals surface area contributed by atoms with Gasteiger partial charge in [-0.3, -0.25) is 0 Å². The topological polar surface area (TPSA) is 24.7 Å². The van der Waals surface area contributed by atoms with Gasteiger partial charge in [-0.05, 0) is 12.0 Å². The molecule has 0 spiro atoms. The van der Waals surface area contributed by atoms with Crippen molar-refractivity contribution in [2.24, 2.45) is 10.2 Å². The molecule has 2 atom stereocenters. The zero-order chi connectivity index (χ0) is 11.2. The van der Waals surface area contributed by atoms with Crippen LogP contribution in [0.15, 0.2) is 40.6 Å². The summed E-state index contributed by atoms with van der Waals surface area (Å²) in [6, 6.07) is 11.1. The minimum absolute atomic E-state index is 0.425. The van der Waals surface area contributed by atoms with Crippen LogP contribution in [0.25, 0.3) is 0 Å². The summed E-state index contributed by atoms with van der Waals surface area (Å²) in [7, 11) is 0. The Morgan fingerprint density at radius 2 is 2.00 bits per heavy atom. The fourth-order valence-electron chi connectivity index (χ4n) is 2.33. The van der Waals surface area contributed by atoms with Gasteiger partial charge in [-0.15, -0.1) is 0 Å². The number of hydrogen-bond acceptors (Lipinski definition) is 2. The SMILES string of the molecule is CCCCCC1N=NCC1c1ccccc1. The third kappa shape index (κ3) is 2.69. The molecule has 86 valence electrons. The minimum atomic E-state index is 0.425. The Balaban J connectivity index is 1.95. The summed E-state index contributed by atoms with van der Waals surface area (Å²) in [5.74, 6) is 0.526. The second-order valence-electron chi connectivity index (χ2n) is 4.52. The number of benzene rings is 1. The van der Waals surface area contributed by atoms with Crippen LogP contribution in [0.2, 0.25) is 0 Å². The first-order valence-electron chi connectivity index (χ1n) is 6.33. The predicted octanol–water partition coefficient (Wildman–Crippen LogP) is 4.18. The number of nitrogens with zero attached hydrogens (tertiary/aromatic N) is 2. The van der Waals surface area contributed by atoms with Crippen molar-refractivity contribution in [2.45, 2.75) is 44.6 Å². The van der Waals surface area contributed by atoms with E-state index < -0.39 is 0 Å². The molecule has 1 aliphatic rings. The van der Waals surface area contributed by atoms with E-state index in [9.17, 15) is 0 Å². The lowest BCUT2D eigenvalue weighted by atomic mass is 9.90. The zero-order valence-electron chi connectivity index (χ0n) is 9.97. The van der Waals surface area contributed by atoms with Crippen molar-refractivity contribution in [3.8, 4) is 0 Å². The van der Waals surface area contributed by atoms with E-state index in [1.165, 1.54) is 31.2 Å². The summed E-state index contributed by atoms with van der Waals surface area (Å²) in [5, 5.41) is 8.62. The summed E-state index contributed by atoms with van der Waals surface area (Å²) in [6.07, 6.45) is 5.06. The van der Waals surface area contributed by atoms with Crippen LogP contribution in [0.5, 0.6) is 0 Å². The van der Waals surface area contributed by atoms with Crippen LogP contribution >= 0.6 is 0 Å². The van der Waals surface area contributed by atoms with Gasteiger partial charge in [0.2, 0.25) is 0 Å². The maximum absolute atomic E-state index is 4.39. The van der Waals surface area contributed by atoms with Gasteiger partial charge in [0.05, 0.1) is 12.6 Å². The van der Waals surface area contributed by atoms with Gasteiger partial charge in [0, 0.05) is 5.92 Å². The van der Waals surface area contributed by atoms with Crippen LogP contribution in [-0.4, -0.2) is 12.6 Å². The molecule has 0 fully saturated rings. The molecule has 2 unspecified atom stereocenters. The Morgan fingerprint density at radius 3 is 2.75 bits per heavy atom. The molecule has 2 nitrogen and oxygen atoms in total. The zero-order valence-corrected chi connectivity index (χ0v) is 9.97. The van der Waals surface area contributed by atoms with Crippen molar-refractivity contribution in [3.63, 3.8) is 0 Å². The fraction of sp³-hybridized carbons (Fsp3) is 0.571. The van der Waals surface area contributed by atoms with Gasteiger partial charge in [-0.25, -0.2) is 0 Å². The van der Waals surface area contributed by atoms with E-state index in [1.54, 1.807) is 0 Å². The Kier molecular flexibility index (Phi) is 4.09. The van der Waals surface area contributed by atoms with Crippen molar-refractivity contribution in [2.75, 3.05) is 6.54 Å². The van der Waals surface area contributed by atoms with Crippen molar-refractivity contribution in [1.29, 1.82) is 0 Å². The monoisotopic (exact) mass is 216 g/mol. The molecular weight excluding hydrogens is 196 g/mol. The van der Waals surface area contributed by atoms with Gasteiger partial charge < -0.3 is 0 Å². The normalized spacial score (nSPS) is 23.8. The number of rotatable bonds is 5. The first-order chi connectivity index (χ1) is 7.92. The summed E-state index contributed by atoms with van der Waals surface area (Å²) in [5.41, 5.74) is 1.40. The van der Waals surface area contributed by atoms with E-state index in [4.69, 9.17) is 0 Å². The van der Waals surface area contributed by atoms with Crippen LogP contribution in [0.3, 0.4) is 0 Å². The number of hydrogen-bond donors (Lipinski definition) is 0. The molecule has 0 aliphatic carbocycles. The molecule has 1 aromatic carbocycles. The molecule has 1 heterocycles. The van der Waals surface area contributed by atoms with Crippen LogP contribution in [0, 0.1) is 0 Å². The highest BCUT2D eigenvalue weighted by molar-refractivity contribution is 5.22. The quantitative estimate of drug-likeness (QED) is 0.659. The lowest BCUT2D eigenvalue weighted by Crippen LogP contribution is -2.14. The van der Waals surface area contributed by atoms with Crippen molar-refractivity contribution in [3.05, 3.63) is 35.9 Å². The average Bonchev–Trinajstić information content (AvgIpc) is 2.79. The van der Waals surface area contributed by atoms with Gasteiger partial charge in [-0.1, -0.05) is 56.5 Å². The molecule has 0 bridgehead atoms. The Labute approximate surface area is 97.8 Å². The van der Waals surface area contributed by atoms with Crippen molar-refractivity contribution in [1.82, 2.24) is 0 Å². The second-order valence-corrected chi connectivity index (χ2v) is 4.52. The first-order valence-corrected chi connectivity index (χ1v) is 6.33. The molecule has 2 heteroatoms. The summed E-state index contributed by atoms with van der Waals surface area (Å²) in [6.45, 7) is 3.12. The highest BCUT2D eigenvalue weighted by Crippen LogP contribution is 2.30. The highest BCUT2D eigenvalue weighted by Gasteiger charge is 2.26. The predicted molar refractivity (Wildman–Crippen MR) is 66.8 cm³/mol. The van der Waals surface area contributed by atoms with E-state index in [-0.39, 0.29) is 0 Å². The van der Waals surface area contributed by atoms with Crippen LogP contribution in [0.1, 0.15) is 44.1 Å². The fourth-order valence-corrected chi connectivity index (χ4v) is 2.33. The second kappa shape index (κ2) is 5.78. The molecule has 0 saturated carbocycles. The number of unbranched alkanes of at least 4 members (excludes halogenated alkanes) is 2. The Morgan fingerprint density at radius 1 is 1.19 bits per heavy atom. The van der Waals surface area contributed by atoms with Crippen molar-refractivity contribution < 1.29 is 0 Å². The summed E-state index contributed by atoms with van der Waals surface area (Å²) >= 11 is 0. The standard InChI is InChI=1S/C14H20N2/c1-2-3-5-10-14-13(11-15-16-14)12-8-6-4-7-9-12/h4,6-9,13-14H,2-3,5,10-11H2,1H3.